The van der Waals surface area contributed by atoms with Crippen LogP contribution in [0.3, 0.4) is 0 Å². The fourth-order valence-electron chi connectivity index (χ4n) is 1.44. The van der Waals surface area contributed by atoms with Crippen LogP contribution in [0.2, 0.25) is 0 Å². The summed E-state index contributed by atoms with van der Waals surface area (Å²) in [5.41, 5.74) is 0.882. The molecule has 1 rings (SSSR count). The van der Waals surface area contributed by atoms with E-state index in [1.54, 1.807) is 25.3 Å². The summed E-state index contributed by atoms with van der Waals surface area (Å²) in [5.74, 6) is 0.0511. The first-order valence-electron chi connectivity index (χ1n) is 5.59. The number of amides is 1. The molecule has 0 atom stereocenters. The summed E-state index contributed by atoms with van der Waals surface area (Å²) in [6, 6.07) is 5.68. The van der Waals surface area contributed by atoms with Crippen molar-refractivity contribution < 1.29 is 9.53 Å². The van der Waals surface area contributed by atoms with Gasteiger partial charge in [0.2, 0.25) is 5.91 Å². The SMILES string of the molecule is CNCC(=O)N(CCOC)Cc1ccccn1. The van der Waals surface area contributed by atoms with Crippen molar-refractivity contribution in [3.63, 3.8) is 0 Å². The first kappa shape index (κ1) is 13.6. The number of aromatic nitrogens is 1. The number of ether oxygens (including phenoxy) is 1. The molecule has 1 amide bonds. The number of carbonyl (C=O) groups is 1. The molecular formula is C12H19N3O2. The van der Waals surface area contributed by atoms with Crippen LogP contribution in [0.1, 0.15) is 5.69 Å². The van der Waals surface area contributed by atoms with E-state index in [-0.39, 0.29) is 5.91 Å². The molecule has 0 unspecified atom stereocenters. The van der Waals surface area contributed by atoms with Gasteiger partial charge in [0.05, 0.1) is 25.4 Å². The highest BCUT2D eigenvalue weighted by Crippen LogP contribution is 2.01. The van der Waals surface area contributed by atoms with E-state index in [1.807, 2.05) is 18.2 Å². The minimum atomic E-state index is 0.0511. The predicted molar refractivity (Wildman–Crippen MR) is 65.5 cm³/mol. The maximum atomic E-state index is 11.8. The molecule has 17 heavy (non-hydrogen) atoms. The van der Waals surface area contributed by atoms with Crippen molar-refractivity contribution in [1.29, 1.82) is 0 Å². The van der Waals surface area contributed by atoms with Gasteiger partial charge in [-0.05, 0) is 19.2 Å². The lowest BCUT2D eigenvalue weighted by Gasteiger charge is -2.21. The lowest BCUT2D eigenvalue weighted by atomic mass is 10.3. The zero-order chi connectivity index (χ0) is 12.5. The van der Waals surface area contributed by atoms with Crippen LogP contribution < -0.4 is 5.32 Å². The summed E-state index contributed by atoms with van der Waals surface area (Å²) in [5, 5.41) is 2.86. The Bertz CT molecular complexity index is 330. The molecule has 5 heteroatoms. The van der Waals surface area contributed by atoms with Gasteiger partial charge in [-0.25, -0.2) is 0 Å². The maximum Gasteiger partial charge on any atom is 0.236 e. The molecule has 1 aromatic rings. The molecule has 0 spiro atoms. The van der Waals surface area contributed by atoms with E-state index in [4.69, 9.17) is 4.74 Å². The first-order chi connectivity index (χ1) is 8.27. The number of hydrogen-bond donors (Lipinski definition) is 1. The molecule has 0 aliphatic carbocycles. The number of nitrogens with one attached hydrogen (secondary N) is 1. The molecule has 0 radical (unpaired) electrons. The second-order valence-electron chi connectivity index (χ2n) is 3.66. The van der Waals surface area contributed by atoms with Gasteiger partial charge in [0.25, 0.3) is 0 Å². The van der Waals surface area contributed by atoms with Crippen LogP contribution in [-0.4, -0.2) is 49.6 Å². The molecule has 0 saturated carbocycles. The van der Waals surface area contributed by atoms with E-state index in [1.165, 1.54) is 0 Å². The largest absolute Gasteiger partial charge is 0.383 e. The van der Waals surface area contributed by atoms with Crippen LogP contribution in [0.15, 0.2) is 24.4 Å². The summed E-state index contributed by atoms with van der Waals surface area (Å²) in [4.78, 5) is 17.8. The second-order valence-corrected chi connectivity index (χ2v) is 3.66. The van der Waals surface area contributed by atoms with Gasteiger partial charge in [0.1, 0.15) is 0 Å². The van der Waals surface area contributed by atoms with Crippen molar-refractivity contribution in [2.45, 2.75) is 6.54 Å². The molecule has 1 aromatic heterocycles. The fourth-order valence-corrected chi connectivity index (χ4v) is 1.44. The van der Waals surface area contributed by atoms with Crippen molar-refractivity contribution in [2.24, 2.45) is 0 Å². The Kier molecular flexibility index (Phi) is 6.21. The Morgan fingerprint density at radius 3 is 2.94 bits per heavy atom. The number of rotatable bonds is 7. The van der Waals surface area contributed by atoms with Crippen molar-refractivity contribution in [3.8, 4) is 0 Å². The topological polar surface area (TPSA) is 54.5 Å². The van der Waals surface area contributed by atoms with E-state index < -0.39 is 0 Å². The number of likely N-dealkylation sites (N-methyl/N-ethyl adjacent to an activating group) is 1. The zero-order valence-corrected chi connectivity index (χ0v) is 10.3. The van der Waals surface area contributed by atoms with Gasteiger partial charge < -0.3 is 15.0 Å². The Morgan fingerprint density at radius 2 is 2.35 bits per heavy atom. The molecule has 0 aromatic carbocycles. The zero-order valence-electron chi connectivity index (χ0n) is 10.3. The van der Waals surface area contributed by atoms with Crippen LogP contribution in [0.25, 0.3) is 0 Å². The van der Waals surface area contributed by atoms with Crippen LogP contribution >= 0.6 is 0 Å². The van der Waals surface area contributed by atoms with Crippen LogP contribution in [0.5, 0.6) is 0 Å². The van der Waals surface area contributed by atoms with Crippen LogP contribution in [0, 0.1) is 0 Å². The summed E-state index contributed by atoms with van der Waals surface area (Å²) < 4.78 is 5.00. The lowest BCUT2D eigenvalue weighted by molar-refractivity contribution is -0.131. The van der Waals surface area contributed by atoms with Gasteiger partial charge in [-0.3, -0.25) is 9.78 Å². The Labute approximate surface area is 102 Å². The number of nitrogens with zero attached hydrogens (tertiary/aromatic N) is 2. The minimum Gasteiger partial charge on any atom is -0.383 e. The molecule has 0 fully saturated rings. The standard InChI is InChI=1S/C12H19N3O2/c1-13-9-12(16)15(7-8-17-2)10-11-5-3-4-6-14-11/h3-6,13H,7-10H2,1-2H3. The van der Waals surface area contributed by atoms with Crippen LogP contribution in [0.4, 0.5) is 0 Å². The fraction of sp³-hybridized carbons (Fsp3) is 0.500. The van der Waals surface area contributed by atoms with Crippen molar-refractivity contribution in [1.82, 2.24) is 15.2 Å². The van der Waals surface area contributed by atoms with E-state index in [2.05, 4.69) is 10.3 Å². The molecule has 1 heterocycles. The third-order valence-electron chi connectivity index (χ3n) is 2.33. The Morgan fingerprint density at radius 1 is 1.53 bits per heavy atom. The molecule has 0 aliphatic rings. The van der Waals surface area contributed by atoms with E-state index in [9.17, 15) is 4.79 Å². The number of carbonyl (C=O) groups excluding carboxylic acids is 1. The van der Waals surface area contributed by atoms with Gasteiger partial charge in [-0.2, -0.15) is 0 Å². The molecule has 1 N–H and O–H groups in total. The number of pyridine rings is 1. The monoisotopic (exact) mass is 237 g/mol. The smallest absolute Gasteiger partial charge is 0.236 e. The highest BCUT2D eigenvalue weighted by atomic mass is 16.5. The molecule has 94 valence electrons. The molecular weight excluding hydrogens is 218 g/mol. The normalized spacial score (nSPS) is 10.2. The minimum absolute atomic E-state index is 0.0511. The third kappa shape index (κ3) is 4.93. The Hall–Kier alpha value is -1.46. The average Bonchev–Trinajstić information content (AvgIpc) is 2.36. The summed E-state index contributed by atoms with van der Waals surface area (Å²) in [6.07, 6.45) is 1.73. The van der Waals surface area contributed by atoms with E-state index in [0.29, 0.717) is 26.2 Å². The van der Waals surface area contributed by atoms with Crippen LogP contribution in [-0.2, 0) is 16.1 Å². The molecule has 0 saturated heterocycles. The van der Waals surface area contributed by atoms with Crippen molar-refractivity contribution >= 4 is 5.91 Å². The maximum absolute atomic E-state index is 11.8. The highest BCUT2D eigenvalue weighted by molar-refractivity contribution is 5.78. The van der Waals surface area contributed by atoms with Crippen molar-refractivity contribution in [3.05, 3.63) is 30.1 Å². The third-order valence-corrected chi connectivity index (χ3v) is 2.33. The van der Waals surface area contributed by atoms with Gasteiger partial charge in [-0.15, -0.1) is 0 Å². The van der Waals surface area contributed by atoms with Crippen molar-refractivity contribution in [2.75, 3.05) is 33.9 Å². The molecule has 0 aliphatic heterocycles. The first-order valence-corrected chi connectivity index (χ1v) is 5.59. The van der Waals surface area contributed by atoms with E-state index in [0.717, 1.165) is 5.69 Å². The Balaban J connectivity index is 2.59. The summed E-state index contributed by atoms with van der Waals surface area (Å²) in [7, 11) is 3.38. The predicted octanol–water partition coefficient (Wildman–Crippen LogP) is 0.276. The second kappa shape index (κ2) is 7.76. The van der Waals surface area contributed by atoms with Gasteiger partial charge in [0.15, 0.2) is 0 Å². The summed E-state index contributed by atoms with van der Waals surface area (Å²) >= 11 is 0. The van der Waals surface area contributed by atoms with Gasteiger partial charge in [-0.1, -0.05) is 6.07 Å². The number of methoxy groups -OCH3 is 1. The molecule has 5 nitrogen and oxygen atoms in total. The van der Waals surface area contributed by atoms with E-state index >= 15 is 0 Å². The molecule has 0 bridgehead atoms. The quantitative estimate of drug-likeness (QED) is 0.740. The number of hydrogen-bond acceptors (Lipinski definition) is 4. The van der Waals surface area contributed by atoms with Gasteiger partial charge >= 0.3 is 0 Å². The lowest BCUT2D eigenvalue weighted by Crippen LogP contribution is -2.38. The average molecular weight is 237 g/mol. The highest BCUT2D eigenvalue weighted by Gasteiger charge is 2.13. The van der Waals surface area contributed by atoms with Gasteiger partial charge in [0, 0.05) is 19.9 Å². The summed E-state index contributed by atoms with van der Waals surface area (Å²) in [6.45, 7) is 1.96.